The molecule has 3 nitrogen and oxygen atoms in total. The first kappa shape index (κ1) is 28.6. The number of hydrogen-bond donors (Lipinski definition) is 0. The number of rotatable bonds is 4. The largest absolute Gasteiger partial charge is 0.458 e. The fraction of sp³-hybridized carbons (Fsp3) is 0. The number of fused-ring (bicyclic) bond motifs is 9. The van der Waals surface area contributed by atoms with E-state index in [4.69, 9.17) is 9.47 Å². The number of anilines is 3. The van der Waals surface area contributed by atoms with Gasteiger partial charge in [0.05, 0.1) is 0 Å². The summed E-state index contributed by atoms with van der Waals surface area (Å²) < 4.78 is 13.6. The molecule has 0 aromatic heterocycles. The van der Waals surface area contributed by atoms with Crippen LogP contribution in [0.5, 0.6) is 23.0 Å². The summed E-state index contributed by atoms with van der Waals surface area (Å²) >= 11 is 0. The Morgan fingerprint density at radius 3 is 1.50 bits per heavy atom. The lowest BCUT2D eigenvalue weighted by atomic mass is 10.0. The zero-order valence-corrected chi connectivity index (χ0v) is 28.2. The molecule has 2 heterocycles. The van der Waals surface area contributed by atoms with Crippen LogP contribution < -0.4 is 35.1 Å². The number of ether oxygens (including phenoxy) is 2. The Morgan fingerprint density at radius 1 is 0.320 bits per heavy atom. The molecule has 2 aliphatic heterocycles. The normalized spacial score (nSPS) is 15.2. The lowest BCUT2D eigenvalue weighted by Crippen LogP contribution is -2.77. The van der Waals surface area contributed by atoms with E-state index >= 15 is 0 Å². The Bertz CT molecular complexity index is 2540. The van der Waals surface area contributed by atoms with Crippen LogP contribution in [0.15, 0.2) is 188 Å². The second kappa shape index (κ2) is 11.4. The summed E-state index contributed by atoms with van der Waals surface area (Å²) in [6.45, 7) is 0. The summed E-state index contributed by atoms with van der Waals surface area (Å²) in [6.07, 6.45) is 0. The zero-order valence-electron chi connectivity index (χ0n) is 27.2. The monoisotopic (exact) mass is 657 g/mol. The minimum Gasteiger partial charge on any atom is -0.458 e. The van der Waals surface area contributed by atoms with Crippen molar-refractivity contribution in [1.82, 2.24) is 0 Å². The van der Waals surface area contributed by atoms with Crippen LogP contribution in [0, 0.1) is 0 Å². The molecule has 0 radical (unpaired) electrons. The highest BCUT2D eigenvalue weighted by Gasteiger charge is 2.53. The van der Waals surface area contributed by atoms with Crippen molar-refractivity contribution in [2.75, 3.05) is 4.90 Å². The van der Waals surface area contributed by atoms with Gasteiger partial charge >= 0.3 is 0 Å². The summed E-state index contributed by atoms with van der Waals surface area (Å²) in [4.78, 5) is 2.35. The minimum atomic E-state index is -2.98. The third-order valence-corrected chi connectivity index (χ3v) is 15.0. The molecule has 10 rings (SSSR count). The van der Waals surface area contributed by atoms with Crippen molar-refractivity contribution >= 4 is 56.7 Å². The molecule has 1 atom stereocenters. The van der Waals surface area contributed by atoms with Gasteiger partial charge < -0.3 is 14.4 Å². The van der Waals surface area contributed by atoms with Crippen LogP contribution in [0.1, 0.15) is 0 Å². The van der Waals surface area contributed by atoms with E-state index in [0.717, 1.165) is 40.1 Å². The molecule has 0 saturated heterocycles. The average Bonchev–Trinajstić information content (AvgIpc) is 3.18. The highest BCUT2D eigenvalue weighted by atomic mass is 28.3. The molecule has 0 fully saturated rings. The van der Waals surface area contributed by atoms with Crippen molar-refractivity contribution in [3.8, 4) is 34.1 Å². The Kier molecular flexibility index (Phi) is 6.51. The Hall–Kier alpha value is -6.36. The molecule has 236 valence electrons. The standard InChI is InChI=1S/C46H31NO2Si/c1-3-13-32(14-4-1)33-23-25-37(26-24-33)47(36-17-5-2-6-18-36)38-27-28-41-46(31-38)50(43-21-11-9-19-39(43)48-41)44-22-12-10-20-40(44)49-42-29-34-15-7-8-16-35(34)30-45(42)50/h1-31H. The highest BCUT2D eigenvalue weighted by molar-refractivity contribution is 7.21. The average molecular weight is 658 g/mol. The number of benzene rings is 8. The zero-order chi connectivity index (χ0) is 33.1. The second-order valence-electron chi connectivity index (χ2n) is 12.9. The van der Waals surface area contributed by atoms with E-state index in [1.165, 1.54) is 42.6 Å². The van der Waals surface area contributed by atoms with Crippen molar-refractivity contribution in [3.63, 3.8) is 0 Å². The van der Waals surface area contributed by atoms with Gasteiger partial charge in [0.25, 0.3) is 0 Å². The van der Waals surface area contributed by atoms with E-state index in [1.54, 1.807) is 0 Å². The van der Waals surface area contributed by atoms with Crippen molar-refractivity contribution < 1.29 is 9.47 Å². The lowest BCUT2D eigenvalue weighted by Gasteiger charge is -2.43. The maximum absolute atomic E-state index is 6.81. The van der Waals surface area contributed by atoms with Crippen molar-refractivity contribution in [2.24, 2.45) is 0 Å². The first-order chi connectivity index (χ1) is 24.8. The molecule has 4 heteroatoms. The highest BCUT2D eigenvalue weighted by Crippen LogP contribution is 2.41. The van der Waals surface area contributed by atoms with Crippen LogP contribution in [-0.4, -0.2) is 8.07 Å². The molecule has 1 spiro atoms. The van der Waals surface area contributed by atoms with Crippen LogP contribution in [0.25, 0.3) is 21.9 Å². The first-order valence-electron chi connectivity index (χ1n) is 17.0. The van der Waals surface area contributed by atoms with E-state index < -0.39 is 8.07 Å². The molecule has 1 unspecified atom stereocenters. The van der Waals surface area contributed by atoms with Gasteiger partial charge in [-0.1, -0.05) is 127 Å². The van der Waals surface area contributed by atoms with Crippen molar-refractivity contribution in [2.45, 2.75) is 0 Å². The molecule has 0 bridgehead atoms. The number of para-hydroxylation sites is 3. The van der Waals surface area contributed by atoms with Crippen LogP contribution in [0.3, 0.4) is 0 Å². The van der Waals surface area contributed by atoms with Gasteiger partial charge in [-0.2, -0.15) is 0 Å². The molecule has 0 amide bonds. The van der Waals surface area contributed by atoms with Gasteiger partial charge in [-0.15, -0.1) is 0 Å². The predicted octanol–water partition coefficient (Wildman–Crippen LogP) is 9.57. The fourth-order valence-electron chi connectivity index (χ4n) is 7.93. The van der Waals surface area contributed by atoms with Gasteiger partial charge in [0.2, 0.25) is 0 Å². The molecular formula is C46H31NO2Si. The van der Waals surface area contributed by atoms with Gasteiger partial charge in [-0.3, -0.25) is 0 Å². The third-order valence-electron chi connectivity index (χ3n) is 10.1. The van der Waals surface area contributed by atoms with E-state index in [-0.39, 0.29) is 0 Å². The Labute approximate surface area is 292 Å². The van der Waals surface area contributed by atoms with E-state index in [2.05, 4.69) is 193 Å². The SMILES string of the molecule is c1ccc(-c2ccc(N(c3ccccc3)c3ccc4c(c3)[Si]3(c5ccccc5O4)c4ccccc4Oc4cc5ccccc5cc43)cc2)cc1. The van der Waals surface area contributed by atoms with Crippen molar-refractivity contribution in [3.05, 3.63) is 188 Å². The van der Waals surface area contributed by atoms with Crippen LogP contribution in [-0.2, 0) is 0 Å². The van der Waals surface area contributed by atoms with Crippen molar-refractivity contribution in [1.29, 1.82) is 0 Å². The summed E-state index contributed by atoms with van der Waals surface area (Å²) in [6, 6.07) is 67.2. The van der Waals surface area contributed by atoms with E-state index in [0.29, 0.717) is 0 Å². The summed E-state index contributed by atoms with van der Waals surface area (Å²) in [5.41, 5.74) is 5.64. The van der Waals surface area contributed by atoms with E-state index in [1.807, 2.05) is 0 Å². The Morgan fingerprint density at radius 2 is 0.800 bits per heavy atom. The fourth-order valence-corrected chi connectivity index (χ4v) is 13.1. The smallest absolute Gasteiger partial charge is 0.196 e. The minimum absolute atomic E-state index is 0.891. The lowest BCUT2D eigenvalue weighted by molar-refractivity contribution is 0.482. The maximum atomic E-state index is 6.81. The molecule has 0 aliphatic carbocycles. The molecule has 8 aromatic rings. The summed E-state index contributed by atoms with van der Waals surface area (Å²) in [5.74, 6) is 3.62. The number of hydrogen-bond acceptors (Lipinski definition) is 3. The number of nitrogens with zero attached hydrogens (tertiary/aromatic N) is 1. The molecule has 2 aliphatic rings. The Balaban J connectivity index is 1.24. The van der Waals surface area contributed by atoms with E-state index in [9.17, 15) is 0 Å². The first-order valence-corrected chi connectivity index (χ1v) is 19.0. The topological polar surface area (TPSA) is 21.7 Å². The van der Waals surface area contributed by atoms with Gasteiger partial charge in [0, 0.05) is 17.1 Å². The van der Waals surface area contributed by atoms with Gasteiger partial charge in [0.15, 0.2) is 8.07 Å². The quantitative estimate of drug-likeness (QED) is 0.176. The molecule has 8 aromatic carbocycles. The summed E-state index contributed by atoms with van der Waals surface area (Å²) in [5, 5.41) is 7.28. The van der Waals surface area contributed by atoms with Gasteiger partial charge in [-0.25, -0.2) is 0 Å². The van der Waals surface area contributed by atoms with Gasteiger partial charge in [-0.05, 0) is 103 Å². The molecule has 0 N–H and O–H groups in total. The van der Waals surface area contributed by atoms with Crippen LogP contribution in [0.2, 0.25) is 0 Å². The molecule has 50 heavy (non-hydrogen) atoms. The summed E-state index contributed by atoms with van der Waals surface area (Å²) in [7, 11) is -2.98. The molecule has 0 saturated carbocycles. The van der Waals surface area contributed by atoms with Crippen LogP contribution >= 0.6 is 0 Å². The molecular weight excluding hydrogens is 627 g/mol. The van der Waals surface area contributed by atoms with Gasteiger partial charge in [0.1, 0.15) is 23.0 Å². The third kappa shape index (κ3) is 4.36. The predicted molar refractivity (Wildman–Crippen MR) is 208 cm³/mol. The second-order valence-corrected chi connectivity index (χ2v) is 16.6. The van der Waals surface area contributed by atoms with Crippen LogP contribution in [0.4, 0.5) is 17.1 Å². The maximum Gasteiger partial charge on any atom is 0.196 e.